The molecule has 0 aliphatic carbocycles. The first-order valence-corrected chi connectivity index (χ1v) is 6.93. The quantitative estimate of drug-likeness (QED) is 0.886. The van der Waals surface area contributed by atoms with Crippen molar-refractivity contribution < 1.29 is 4.79 Å². The minimum atomic E-state index is -0.0594. The zero-order chi connectivity index (χ0) is 15.2. The predicted octanol–water partition coefficient (Wildman–Crippen LogP) is 3.11. The van der Waals surface area contributed by atoms with Gasteiger partial charge in [0.15, 0.2) is 0 Å². The summed E-state index contributed by atoms with van der Waals surface area (Å²) in [4.78, 5) is 14.0. The molecule has 2 rings (SSSR count). The van der Waals surface area contributed by atoms with E-state index < -0.39 is 0 Å². The molecule has 2 aromatic rings. The average Bonchev–Trinajstić information content (AvgIpc) is 2.47. The van der Waals surface area contributed by atoms with Crippen LogP contribution < -0.4 is 15.5 Å². The molecule has 0 aromatic heterocycles. The summed E-state index contributed by atoms with van der Waals surface area (Å²) < 4.78 is 0. The lowest BCUT2D eigenvalue weighted by Gasteiger charge is -2.13. The topological polar surface area (TPSA) is 44.4 Å². The highest BCUT2D eigenvalue weighted by Crippen LogP contribution is 2.16. The van der Waals surface area contributed by atoms with E-state index in [2.05, 4.69) is 10.6 Å². The first kappa shape index (κ1) is 14.9. The second-order valence-electron chi connectivity index (χ2n) is 5.16. The van der Waals surface area contributed by atoms with Crippen LogP contribution in [0.25, 0.3) is 0 Å². The number of aryl methyl sites for hydroxylation is 1. The maximum absolute atomic E-state index is 11.9. The van der Waals surface area contributed by atoms with Crippen molar-refractivity contribution in [1.29, 1.82) is 0 Å². The molecule has 0 heterocycles. The number of para-hydroxylation sites is 1. The Balaban J connectivity index is 1.88. The van der Waals surface area contributed by atoms with Gasteiger partial charge in [0.1, 0.15) is 0 Å². The minimum absolute atomic E-state index is 0.0594. The molecule has 0 bridgehead atoms. The molecule has 0 radical (unpaired) electrons. The van der Waals surface area contributed by atoms with Gasteiger partial charge < -0.3 is 15.5 Å². The molecule has 4 heteroatoms. The molecule has 2 aromatic carbocycles. The normalized spacial score (nSPS) is 10.0. The van der Waals surface area contributed by atoms with Gasteiger partial charge >= 0.3 is 0 Å². The van der Waals surface area contributed by atoms with Crippen LogP contribution in [0.5, 0.6) is 0 Å². The molecule has 0 atom stereocenters. The van der Waals surface area contributed by atoms with Crippen LogP contribution in [0.4, 0.5) is 17.1 Å². The molecule has 0 spiro atoms. The molecule has 0 aliphatic rings. The second-order valence-corrected chi connectivity index (χ2v) is 5.16. The van der Waals surface area contributed by atoms with E-state index in [0.29, 0.717) is 0 Å². The van der Waals surface area contributed by atoms with Gasteiger partial charge in [0, 0.05) is 31.2 Å². The van der Waals surface area contributed by atoms with Crippen LogP contribution in [-0.2, 0) is 4.79 Å². The number of carbonyl (C=O) groups excluding carboxylic acids is 1. The monoisotopic (exact) mass is 283 g/mol. The highest BCUT2D eigenvalue weighted by molar-refractivity contribution is 5.94. The molecule has 4 nitrogen and oxygen atoms in total. The maximum atomic E-state index is 11.9. The lowest BCUT2D eigenvalue weighted by atomic mass is 10.2. The van der Waals surface area contributed by atoms with Crippen LogP contribution in [0.3, 0.4) is 0 Å². The minimum Gasteiger partial charge on any atom is -0.378 e. The van der Waals surface area contributed by atoms with Gasteiger partial charge in [-0.2, -0.15) is 0 Å². The molecule has 2 N–H and O–H groups in total. The zero-order valence-corrected chi connectivity index (χ0v) is 12.7. The number of rotatable bonds is 5. The molecule has 110 valence electrons. The fourth-order valence-corrected chi connectivity index (χ4v) is 1.99. The summed E-state index contributed by atoms with van der Waals surface area (Å²) in [6.07, 6.45) is 0. The number of hydrogen-bond acceptors (Lipinski definition) is 3. The molecule has 0 unspecified atom stereocenters. The third kappa shape index (κ3) is 4.24. The third-order valence-electron chi connectivity index (χ3n) is 3.25. The summed E-state index contributed by atoms with van der Waals surface area (Å²) in [7, 11) is 3.97. The highest BCUT2D eigenvalue weighted by atomic mass is 16.1. The van der Waals surface area contributed by atoms with E-state index in [1.807, 2.05) is 74.4 Å². The molecule has 0 aliphatic heterocycles. The Morgan fingerprint density at radius 1 is 1.05 bits per heavy atom. The van der Waals surface area contributed by atoms with Crippen LogP contribution >= 0.6 is 0 Å². The average molecular weight is 283 g/mol. The first-order valence-electron chi connectivity index (χ1n) is 6.93. The number of nitrogens with one attached hydrogen (secondary N) is 2. The van der Waals surface area contributed by atoms with Gasteiger partial charge in [-0.1, -0.05) is 18.2 Å². The van der Waals surface area contributed by atoms with Gasteiger partial charge in [-0.3, -0.25) is 4.79 Å². The lowest BCUT2D eigenvalue weighted by Crippen LogP contribution is -2.22. The first-order chi connectivity index (χ1) is 10.1. The summed E-state index contributed by atoms with van der Waals surface area (Å²) in [6.45, 7) is 2.26. The summed E-state index contributed by atoms with van der Waals surface area (Å²) in [5.74, 6) is -0.0594. The number of amides is 1. The Morgan fingerprint density at radius 3 is 2.33 bits per heavy atom. The SMILES string of the molecule is Cc1ccccc1NCC(=O)Nc1ccc(N(C)C)cc1. The largest absolute Gasteiger partial charge is 0.378 e. The molecule has 21 heavy (non-hydrogen) atoms. The molecule has 0 fully saturated rings. The third-order valence-corrected chi connectivity index (χ3v) is 3.25. The van der Waals surface area contributed by atoms with Gasteiger partial charge in [-0.15, -0.1) is 0 Å². The Labute approximate surface area is 125 Å². The fourth-order valence-electron chi connectivity index (χ4n) is 1.99. The number of benzene rings is 2. The van der Waals surface area contributed by atoms with Crippen LogP contribution in [0.2, 0.25) is 0 Å². The van der Waals surface area contributed by atoms with Crippen molar-refractivity contribution in [3.8, 4) is 0 Å². The maximum Gasteiger partial charge on any atom is 0.243 e. The van der Waals surface area contributed by atoms with Crippen molar-refractivity contribution >= 4 is 23.0 Å². The van der Waals surface area contributed by atoms with E-state index in [-0.39, 0.29) is 12.5 Å². The number of carbonyl (C=O) groups is 1. The Morgan fingerprint density at radius 2 is 1.71 bits per heavy atom. The molecule has 0 saturated heterocycles. The highest BCUT2D eigenvalue weighted by Gasteiger charge is 2.04. The predicted molar refractivity (Wildman–Crippen MR) is 89.1 cm³/mol. The van der Waals surface area contributed by atoms with Crippen molar-refractivity contribution in [2.24, 2.45) is 0 Å². The lowest BCUT2D eigenvalue weighted by molar-refractivity contribution is -0.114. The summed E-state index contributed by atoms with van der Waals surface area (Å²) >= 11 is 0. The molecule has 0 saturated carbocycles. The number of anilines is 3. The van der Waals surface area contributed by atoms with Gasteiger partial charge in [0.2, 0.25) is 5.91 Å². The Bertz CT molecular complexity index is 606. The van der Waals surface area contributed by atoms with Crippen molar-refractivity contribution in [1.82, 2.24) is 0 Å². The number of hydrogen-bond donors (Lipinski definition) is 2. The fraction of sp³-hybridized carbons (Fsp3) is 0.235. The summed E-state index contributed by atoms with van der Waals surface area (Å²) in [6, 6.07) is 15.7. The van der Waals surface area contributed by atoms with E-state index in [4.69, 9.17) is 0 Å². The van der Waals surface area contributed by atoms with Crippen LogP contribution in [0.15, 0.2) is 48.5 Å². The van der Waals surface area contributed by atoms with Gasteiger partial charge in [-0.25, -0.2) is 0 Å². The van der Waals surface area contributed by atoms with E-state index in [1.54, 1.807) is 0 Å². The number of nitrogens with zero attached hydrogens (tertiary/aromatic N) is 1. The van der Waals surface area contributed by atoms with E-state index in [1.165, 1.54) is 0 Å². The summed E-state index contributed by atoms with van der Waals surface area (Å²) in [5, 5.41) is 6.02. The van der Waals surface area contributed by atoms with E-state index >= 15 is 0 Å². The second kappa shape index (κ2) is 6.79. The van der Waals surface area contributed by atoms with Crippen molar-refractivity contribution in [3.63, 3.8) is 0 Å². The standard InChI is InChI=1S/C17H21N3O/c1-13-6-4-5-7-16(13)18-12-17(21)19-14-8-10-15(11-9-14)20(2)3/h4-11,18H,12H2,1-3H3,(H,19,21). The zero-order valence-electron chi connectivity index (χ0n) is 12.7. The van der Waals surface area contributed by atoms with Crippen molar-refractivity contribution in [2.45, 2.75) is 6.92 Å². The van der Waals surface area contributed by atoms with Crippen LogP contribution in [0, 0.1) is 6.92 Å². The van der Waals surface area contributed by atoms with E-state index in [9.17, 15) is 4.79 Å². The van der Waals surface area contributed by atoms with Gasteiger partial charge in [0.25, 0.3) is 0 Å². The Hall–Kier alpha value is -2.49. The van der Waals surface area contributed by atoms with Crippen molar-refractivity contribution in [3.05, 3.63) is 54.1 Å². The van der Waals surface area contributed by atoms with Gasteiger partial charge in [-0.05, 0) is 42.8 Å². The molecular formula is C17H21N3O. The molecule has 1 amide bonds. The van der Waals surface area contributed by atoms with Crippen molar-refractivity contribution in [2.75, 3.05) is 36.2 Å². The summed E-state index contributed by atoms with van der Waals surface area (Å²) in [5.41, 5.74) is 4.01. The molecular weight excluding hydrogens is 262 g/mol. The van der Waals surface area contributed by atoms with Crippen LogP contribution in [0.1, 0.15) is 5.56 Å². The Kier molecular flexibility index (Phi) is 4.82. The van der Waals surface area contributed by atoms with E-state index in [0.717, 1.165) is 22.6 Å². The smallest absolute Gasteiger partial charge is 0.243 e. The van der Waals surface area contributed by atoms with Crippen LogP contribution in [-0.4, -0.2) is 26.5 Å². The van der Waals surface area contributed by atoms with Gasteiger partial charge in [0.05, 0.1) is 6.54 Å².